The number of carbonyl (C=O) groups excluding carboxylic acids is 1. The minimum atomic E-state index is -0.326. The summed E-state index contributed by atoms with van der Waals surface area (Å²) in [4.78, 5) is 11.4. The van der Waals surface area contributed by atoms with Crippen LogP contribution in [0, 0.1) is 11.3 Å². The number of carbonyl (C=O) groups is 1. The van der Waals surface area contributed by atoms with Gasteiger partial charge in [0, 0.05) is 7.05 Å². The summed E-state index contributed by atoms with van der Waals surface area (Å²) < 4.78 is 0. The molecule has 1 aromatic rings. The standard InChI is InChI=1S/C12H14N4O/c1-14-12(17)16(9-5-8-13)15-10-11-6-3-2-4-7-11/h2-4,6-7,10H,5,9H2,1H3,(H,14,17)/b15-10+. The molecule has 0 aliphatic rings. The molecule has 17 heavy (non-hydrogen) atoms. The van der Waals surface area contributed by atoms with Crippen molar-refractivity contribution in [1.82, 2.24) is 10.3 Å². The van der Waals surface area contributed by atoms with Gasteiger partial charge in [0.05, 0.1) is 25.2 Å². The molecule has 1 aromatic carbocycles. The zero-order valence-corrected chi connectivity index (χ0v) is 9.63. The zero-order chi connectivity index (χ0) is 12.5. The lowest BCUT2D eigenvalue weighted by Crippen LogP contribution is -2.34. The fourth-order valence-corrected chi connectivity index (χ4v) is 1.17. The quantitative estimate of drug-likeness (QED) is 0.630. The van der Waals surface area contributed by atoms with Gasteiger partial charge in [-0.25, -0.2) is 9.80 Å². The van der Waals surface area contributed by atoms with Crippen LogP contribution in [0.4, 0.5) is 4.79 Å². The van der Waals surface area contributed by atoms with Gasteiger partial charge in [-0.15, -0.1) is 0 Å². The van der Waals surface area contributed by atoms with Gasteiger partial charge in [0.1, 0.15) is 0 Å². The van der Waals surface area contributed by atoms with Gasteiger partial charge in [-0.3, -0.25) is 0 Å². The summed E-state index contributed by atoms with van der Waals surface area (Å²) >= 11 is 0. The van der Waals surface area contributed by atoms with E-state index in [2.05, 4.69) is 10.4 Å². The zero-order valence-electron chi connectivity index (χ0n) is 9.63. The molecule has 0 saturated heterocycles. The molecule has 5 heteroatoms. The van der Waals surface area contributed by atoms with Crippen LogP contribution in [0.25, 0.3) is 0 Å². The first kappa shape index (κ1) is 12.7. The Bertz CT molecular complexity index is 422. The van der Waals surface area contributed by atoms with Gasteiger partial charge in [0.15, 0.2) is 0 Å². The molecule has 0 bridgehead atoms. The van der Waals surface area contributed by atoms with E-state index in [-0.39, 0.29) is 19.0 Å². The number of nitrogens with one attached hydrogen (secondary N) is 1. The van der Waals surface area contributed by atoms with Crippen molar-refractivity contribution in [1.29, 1.82) is 5.26 Å². The van der Waals surface area contributed by atoms with Gasteiger partial charge in [-0.2, -0.15) is 10.4 Å². The van der Waals surface area contributed by atoms with E-state index in [1.54, 1.807) is 6.21 Å². The highest BCUT2D eigenvalue weighted by Gasteiger charge is 2.08. The molecule has 88 valence electrons. The summed E-state index contributed by atoms with van der Waals surface area (Å²) in [5, 5.41) is 16.2. The third-order valence-corrected chi connectivity index (χ3v) is 2.03. The monoisotopic (exact) mass is 230 g/mol. The van der Waals surface area contributed by atoms with Crippen LogP contribution < -0.4 is 5.32 Å². The lowest BCUT2D eigenvalue weighted by Gasteiger charge is -2.14. The number of nitrogens with zero attached hydrogens (tertiary/aromatic N) is 3. The third kappa shape index (κ3) is 4.34. The van der Waals surface area contributed by atoms with E-state index in [1.807, 2.05) is 36.4 Å². The van der Waals surface area contributed by atoms with Crippen LogP contribution in [0.15, 0.2) is 35.4 Å². The van der Waals surface area contributed by atoms with Crippen molar-refractivity contribution in [3.63, 3.8) is 0 Å². The van der Waals surface area contributed by atoms with Crippen LogP contribution >= 0.6 is 0 Å². The van der Waals surface area contributed by atoms with E-state index in [1.165, 1.54) is 12.1 Å². The summed E-state index contributed by atoms with van der Waals surface area (Å²) in [6.45, 7) is 0.277. The average Bonchev–Trinajstić information content (AvgIpc) is 2.39. The first-order valence-corrected chi connectivity index (χ1v) is 5.23. The molecule has 5 nitrogen and oxygen atoms in total. The number of urea groups is 1. The van der Waals surface area contributed by atoms with Crippen molar-refractivity contribution in [2.75, 3.05) is 13.6 Å². The van der Waals surface area contributed by atoms with Gasteiger partial charge in [0.25, 0.3) is 0 Å². The second-order valence-corrected chi connectivity index (χ2v) is 3.24. The van der Waals surface area contributed by atoms with Crippen LogP contribution in [0.5, 0.6) is 0 Å². The van der Waals surface area contributed by atoms with Crippen molar-refractivity contribution in [2.45, 2.75) is 6.42 Å². The average molecular weight is 230 g/mol. The number of hydrogen-bond donors (Lipinski definition) is 1. The van der Waals surface area contributed by atoms with Gasteiger partial charge in [-0.05, 0) is 5.56 Å². The molecule has 0 radical (unpaired) electrons. The Morgan fingerprint density at radius 1 is 1.53 bits per heavy atom. The van der Waals surface area contributed by atoms with Crippen molar-refractivity contribution in [3.8, 4) is 6.07 Å². The third-order valence-electron chi connectivity index (χ3n) is 2.03. The maximum Gasteiger partial charge on any atom is 0.337 e. The number of amides is 2. The largest absolute Gasteiger partial charge is 0.340 e. The highest BCUT2D eigenvalue weighted by atomic mass is 16.2. The van der Waals surface area contributed by atoms with Crippen LogP contribution in [0.3, 0.4) is 0 Å². The Kier molecular flexibility index (Phi) is 5.25. The predicted molar refractivity (Wildman–Crippen MR) is 65.4 cm³/mol. The first-order valence-electron chi connectivity index (χ1n) is 5.23. The van der Waals surface area contributed by atoms with Gasteiger partial charge >= 0.3 is 6.03 Å². The van der Waals surface area contributed by atoms with Crippen molar-refractivity contribution >= 4 is 12.2 Å². The molecular weight excluding hydrogens is 216 g/mol. The van der Waals surface area contributed by atoms with Crippen LogP contribution in [0.1, 0.15) is 12.0 Å². The lowest BCUT2D eigenvalue weighted by atomic mass is 10.2. The van der Waals surface area contributed by atoms with E-state index < -0.39 is 0 Å². The number of benzene rings is 1. The fraction of sp³-hybridized carbons (Fsp3) is 0.250. The predicted octanol–water partition coefficient (Wildman–Crippen LogP) is 1.58. The summed E-state index contributed by atoms with van der Waals surface area (Å²) in [6, 6.07) is 11.1. The molecule has 0 spiro atoms. The Morgan fingerprint density at radius 2 is 2.24 bits per heavy atom. The molecule has 0 unspecified atom stereocenters. The molecule has 0 heterocycles. The Balaban J connectivity index is 2.69. The topological polar surface area (TPSA) is 68.5 Å². The summed E-state index contributed by atoms with van der Waals surface area (Å²) in [6.07, 6.45) is 1.84. The molecular formula is C12H14N4O. The summed E-state index contributed by atoms with van der Waals surface area (Å²) in [7, 11) is 1.53. The van der Waals surface area contributed by atoms with Crippen molar-refractivity contribution in [2.24, 2.45) is 5.10 Å². The van der Waals surface area contributed by atoms with Crippen LogP contribution in [-0.4, -0.2) is 30.8 Å². The van der Waals surface area contributed by atoms with Gasteiger partial charge < -0.3 is 5.32 Å². The molecule has 1 rings (SSSR count). The van der Waals surface area contributed by atoms with E-state index in [9.17, 15) is 4.79 Å². The van der Waals surface area contributed by atoms with E-state index >= 15 is 0 Å². The minimum Gasteiger partial charge on any atom is -0.340 e. The first-order chi connectivity index (χ1) is 8.27. The highest BCUT2D eigenvalue weighted by molar-refractivity contribution is 5.81. The second kappa shape index (κ2) is 7.01. The smallest absolute Gasteiger partial charge is 0.337 e. The van der Waals surface area contributed by atoms with E-state index in [4.69, 9.17) is 5.26 Å². The summed E-state index contributed by atoms with van der Waals surface area (Å²) in [5.41, 5.74) is 0.901. The van der Waals surface area contributed by atoms with Crippen molar-refractivity contribution < 1.29 is 4.79 Å². The molecule has 0 aliphatic carbocycles. The lowest BCUT2D eigenvalue weighted by molar-refractivity contribution is 0.204. The fourth-order valence-electron chi connectivity index (χ4n) is 1.17. The van der Waals surface area contributed by atoms with Gasteiger partial charge in [0.2, 0.25) is 0 Å². The molecule has 0 fully saturated rings. The minimum absolute atomic E-state index is 0.250. The van der Waals surface area contributed by atoms with Gasteiger partial charge in [-0.1, -0.05) is 30.3 Å². The van der Waals surface area contributed by atoms with Crippen LogP contribution in [-0.2, 0) is 0 Å². The maximum absolute atomic E-state index is 11.4. The van der Waals surface area contributed by atoms with E-state index in [0.717, 1.165) is 5.56 Å². The second-order valence-electron chi connectivity index (χ2n) is 3.24. The molecule has 1 N–H and O–H groups in total. The number of hydrogen-bond acceptors (Lipinski definition) is 3. The van der Waals surface area contributed by atoms with Crippen molar-refractivity contribution in [3.05, 3.63) is 35.9 Å². The molecule has 0 aromatic heterocycles. The van der Waals surface area contributed by atoms with E-state index in [0.29, 0.717) is 0 Å². The normalized spacial score (nSPS) is 9.88. The SMILES string of the molecule is CNC(=O)N(CCC#N)/N=C/c1ccccc1. The highest BCUT2D eigenvalue weighted by Crippen LogP contribution is 1.97. The summed E-state index contributed by atoms with van der Waals surface area (Å²) in [5.74, 6) is 0. The maximum atomic E-state index is 11.4. The number of nitriles is 1. The Labute approximate surface area is 100 Å². The Morgan fingerprint density at radius 3 is 2.82 bits per heavy atom. The number of hydrazone groups is 1. The molecule has 2 amide bonds. The molecule has 0 saturated carbocycles. The Hall–Kier alpha value is -2.35. The molecule has 0 aliphatic heterocycles. The molecule has 0 atom stereocenters. The van der Waals surface area contributed by atoms with Crippen LogP contribution in [0.2, 0.25) is 0 Å². The number of rotatable bonds is 4.